The average Bonchev–Trinajstić information content (AvgIpc) is 3.16. The van der Waals surface area contributed by atoms with Gasteiger partial charge in [0.1, 0.15) is 28.7 Å². The van der Waals surface area contributed by atoms with Crippen LogP contribution in [0.3, 0.4) is 0 Å². The Morgan fingerprint density at radius 3 is 2.50 bits per heavy atom. The Kier molecular flexibility index (Phi) is 5.23. The van der Waals surface area contributed by atoms with E-state index in [0.29, 0.717) is 34.1 Å². The van der Waals surface area contributed by atoms with Crippen LogP contribution >= 0.6 is 0 Å². The van der Waals surface area contributed by atoms with Gasteiger partial charge in [0, 0.05) is 25.4 Å². The van der Waals surface area contributed by atoms with Gasteiger partial charge in [0.15, 0.2) is 5.58 Å². The Labute approximate surface area is 175 Å². The number of nitriles is 1. The fraction of sp³-hybridized carbons (Fsp3) is 0.120. The fourth-order valence-electron chi connectivity index (χ4n) is 3.16. The summed E-state index contributed by atoms with van der Waals surface area (Å²) in [6.45, 7) is 1.85. The van der Waals surface area contributed by atoms with Gasteiger partial charge in [-0.1, -0.05) is 30.3 Å². The summed E-state index contributed by atoms with van der Waals surface area (Å²) in [4.78, 5) is 6.51. The van der Waals surface area contributed by atoms with Crippen molar-refractivity contribution in [3.8, 4) is 6.07 Å². The number of anilines is 1. The second-order valence-electron chi connectivity index (χ2n) is 7.15. The Balaban J connectivity index is 1.67. The standard InChI is InChI=1S/C25H21N3O2/c1-17-14-19(22(16-26)25-27-23-6-4-5-7-24(23)30-25)15-21(29-17)13-10-18-8-11-20(12-9-18)28(2)3/h4-15H,1-3H3. The summed E-state index contributed by atoms with van der Waals surface area (Å²) in [7, 11) is 4.02. The molecule has 148 valence electrons. The number of rotatable bonds is 4. The van der Waals surface area contributed by atoms with Gasteiger partial charge in [-0.2, -0.15) is 5.26 Å². The van der Waals surface area contributed by atoms with E-state index in [4.69, 9.17) is 9.15 Å². The van der Waals surface area contributed by atoms with Gasteiger partial charge in [-0.15, -0.1) is 0 Å². The van der Waals surface area contributed by atoms with Crippen LogP contribution in [0, 0.1) is 11.3 Å². The molecule has 30 heavy (non-hydrogen) atoms. The number of allylic oxidation sites excluding steroid dienone is 6. The maximum Gasteiger partial charge on any atom is 0.238 e. The lowest BCUT2D eigenvalue weighted by Gasteiger charge is -2.14. The third kappa shape index (κ3) is 4.03. The third-order valence-corrected chi connectivity index (χ3v) is 4.69. The van der Waals surface area contributed by atoms with Crippen molar-refractivity contribution in [1.29, 1.82) is 5.26 Å². The van der Waals surface area contributed by atoms with Gasteiger partial charge in [0.2, 0.25) is 5.89 Å². The first-order valence-corrected chi connectivity index (χ1v) is 9.57. The zero-order valence-corrected chi connectivity index (χ0v) is 17.1. The number of ether oxygens (including phenoxy) is 1. The van der Waals surface area contributed by atoms with Gasteiger partial charge in [0.05, 0.1) is 0 Å². The van der Waals surface area contributed by atoms with E-state index in [1.54, 1.807) is 0 Å². The average molecular weight is 395 g/mol. The Hall–Kier alpha value is -4.04. The van der Waals surface area contributed by atoms with Crippen molar-refractivity contribution < 1.29 is 9.15 Å². The van der Waals surface area contributed by atoms with E-state index in [9.17, 15) is 5.26 Å². The number of benzene rings is 2. The van der Waals surface area contributed by atoms with Gasteiger partial charge < -0.3 is 14.1 Å². The summed E-state index contributed by atoms with van der Waals surface area (Å²) in [5, 5.41) is 9.78. The molecule has 0 fully saturated rings. The molecule has 1 aromatic heterocycles. The number of aromatic nitrogens is 1. The lowest BCUT2D eigenvalue weighted by atomic mass is 10.0. The number of nitrogens with zero attached hydrogens (tertiary/aromatic N) is 3. The Morgan fingerprint density at radius 2 is 1.80 bits per heavy atom. The molecule has 0 aliphatic carbocycles. The second-order valence-corrected chi connectivity index (χ2v) is 7.15. The highest BCUT2D eigenvalue weighted by molar-refractivity contribution is 5.83. The molecule has 0 atom stereocenters. The van der Waals surface area contributed by atoms with Crippen molar-refractivity contribution in [2.45, 2.75) is 6.92 Å². The maximum absolute atomic E-state index is 9.78. The van der Waals surface area contributed by atoms with Crippen LogP contribution in [0.15, 0.2) is 88.3 Å². The lowest BCUT2D eigenvalue weighted by Crippen LogP contribution is -2.07. The first-order valence-electron chi connectivity index (χ1n) is 9.57. The van der Waals surface area contributed by atoms with E-state index in [1.807, 2.05) is 81.7 Å². The smallest absolute Gasteiger partial charge is 0.238 e. The number of hydrogen-bond acceptors (Lipinski definition) is 5. The molecule has 1 aliphatic heterocycles. The van der Waals surface area contributed by atoms with Gasteiger partial charge in [-0.25, -0.2) is 4.98 Å². The van der Waals surface area contributed by atoms with Crippen LogP contribution in [-0.2, 0) is 4.74 Å². The molecule has 2 aromatic carbocycles. The molecule has 3 aromatic rings. The highest BCUT2D eigenvalue weighted by Crippen LogP contribution is 2.29. The summed E-state index contributed by atoms with van der Waals surface area (Å²) >= 11 is 0. The Morgan fingerprint density at radius 1 is 1.03 bits per heavy atom. The molecule has 0 unspecified atom stereocenters. The van der Waals surface area contributed by atoms with E-state index in [2.05, 4.69) is 28.1 Å². The molecule has 0 amide bonds. The molecule has 0 bridgehead atoms. The van der Waals surface area contributed by atoms with E-state index in [1.165, 1.54) is 0 Å². The van der Waals surface area contributed by atoms with Gasteiger partial charge in [-0.05, 0) is 55.0 Å². The zero-order valence-electron chi connectivity index (χ0n) is 17.1. The molecular weight excluding hydrogens is 374 g/mol. The summed E-state index contributed by atoms with van der Waals surface area (Å²) in [5.74, 6) is 1.64. The van der Waals surface area contributed by atoms with Crippen molar-refractivity contribution in [3.63, 3.8) is 0 Å². The first-order chi connectivity index (χ1) is 14.5. The van der Waals surface area contributed by atoms with Gasteiger partial charge in [0.25, 0.3) is 0 Å². The molecule has 5 heteroatoms. The van der Waals surface area contributed by atoms with Crippen molar-refractivity contribution in [2.75, 3.05) is 19.0 Å². The lowest BCUT2D eigenvalue weighted by molar-refractivity contribution is 0.318. The summed E-state index contributed by atoms with van der Waals surface area (Å²) < 4.78 is 11.6. The fourth-order valence-corrected chi connectivity index (χ4v) is 3.16. The predicted molar refractivity (Wildman–Crippen MR) is 119 cm³/mol. The summed E-state index contributed by atoms with van der Waals surface area (Å²) in [6.07, 6.45) is 7.51. The third-order valence-electron chi connectivity index (χ3n) is 4.69. The number of hydrogen-bond donors (Lipinski definition) is 0. The molecule has 0 spiro atoms. The molecule has 0 N–H and O–H groups in total. The molecule has 0 saturated carbocycles. The Bertz CT molecular complexity index is 1220. The zero-order chi connectivity index (χ0) is 21.1. The predicted octanol–water partition coefficient (Wildman–Crippen LogP) is 5.70. The molecular formula is C25H21N3O2. The van der Waals surface area contributed by atoms with E-state index in [0.717, 1.165) is 16.8 Å². The van der Waals surface area contributed by atoms with Gasteiger partial charge >= 0.3 is 0 Å². The molecule has 0 saturated heterocycles. The van der Waals surface area contributed by atoms with Crippen LogP contribution in [-0.4, -0.2) is 19.1 Å². The SMILES string of the molecule is CC1=CC(=C(C#N)c2nc3ccccc3o2)C=C(C=Cc2ccc(N(C)C)cc2)O1. The number of oxazole rings is 1. The minimum absolute atomic E-state index is 0.304. The van der Waals surface area contributed by atoms with E-state index in [-0.39, 0.29) is 0 Å². The molecule has 4 rings (SSSR count). The number of fused-ring (bicyclic) bond motifs is 1. The summed E-state index contributed by atoms with van der Waals surface area (Å²) in [5.41, 5.74) is 4.65. The van der Waals surface area contributed by atoms with Crippen LogP contribution in [0.5, 0.6) is 0 Å². The highest BCUT2D eigenvalue weighted by atomic mass is 16.5. The highest BCUT2D eigenvalue weighted by Gasteiger charge is 2.17. The molecule has 5 nitrogen and oxygen atoms in total. The topological polar surface area (TPSA) is 62.3 Å². The molecule has 2 heterocycles. The van der Waals surface area contributed by atoms with E-state index < -0.39 is 0 Å². The monoisotopic (exact) mass is 395 g/mol. The maximum atomic E-state index is 9.78. The summed E-state index contributed by atoms with van der Waals surface area (Å²) in [6, 6.07) is 17.9. The largest absolute Gasteiger partial charge is 0.462 e. The normalized spacial score (nSPS) is 15.4. The van der Waals surface area contributed by atoms with Crippen molar-refractivity contribution >= 4 is 28.4 Å². The van der Waals surface area contributed by atoms with Crippen LogP contribution in [0.2, 0.25) is 0 Å². The minimum atomic E-state index is 0.304. The number of para-hydroxylation sites is 2. The van der Waals surface area contributed by atoms with Crippen molar-refractivity contribution in [2.24, 2.45) is 0 Å². The van der Waals surface area contributed by atoms with Gasteiger partial charge in [-0.3, -0.25) is 0 Å². The van der Waals surface area contributed by atoms with Crippen LogP contribution in [0.4, 0.5) is 5.69 Å². The first kappa shape index (κ1) is 19.3. The van der Waals surface area contributed by atoms with Crippen molar-refractivity contribution in [3.05, 3.63) is 95.3 Å². The van der Waals surface area contributed by atoms with E-state index >= 15 is 0 Å². The van der Waals surface area contributed by atoms with Crippen molar-refractivity contribution in [1.82, 2.24) is 4.98 Å². The molecule has 1 aliphatic rings. The van der Waals surface area contributed by atoms with Crippen LogP contribution in [0.25, 0.3) is 22.7 Å². The quantitative estimate of drug-likeness (QED) is 0.530. The van der Waals surface area contributed by atoms with Crippen LogP contribution in [0.1, 0.15) is 18.4 Å². The second kappa shape index (κ2) is 8.14. The minimum Gasteiger partial charge on any atom is -0.462 e. The van der Waals surface area contributed by atoms with Crippen LogP contribution < -0.4 is 4.90 Å². The molecule has 0 radical (unpaired) electrons.